The molecule has 9 aromatic carbocycles. The zero-order valence-electron chi connectivity index (χ0n) is 31.5. The number of pyridine rings is 1. The first kappa shape index (κ1) is 33.6. The summed E-state index contributed by atoms with van der Waals surface area (Å²) in [5.41, 5.74) is 9.64. The minimum Gasteiger partial charge on any atom is -0.344 e. The molecule has 1 aliphatic rings. The summed E-state index contributed by atoms with van der Waals surface area (Å²) < 4.78 is 0. The number of benzene rings is 9. The molecule has 0 bridgehead atoms. The summed E-state index contributed by atoms with van der Waals surface area (Å²) in [6.07, 6.45) is 1.46. The number of rotatable bonds is 6. The van der Waals surface area contributed by atoms with Crippen LogP contribution in [-0.2, 0) is 0 Å². The van der Waals surface area contributed by atoms with E-state index in [9.17, 15) is 0 Å². The van der Waals surface area contributed by atoms with Crippen LogP contribution < -0.4 is 5.32 Å². The maximum absolute atomic E-state index is 5.42. The van der Waals surface area contributed by atoms with Gasteiger partial charge in [0.2, 0.25) is 0 Å². The Bertz CT molecular complexity index is 3190. The Labute approximate surface area is 336 Å². The highest BCUT2D eigenvalue weighted by Crippen LogP contribution is 2.40. The van der Waals surface area contributed by atoms with Gasteiger partial charge >= 0.3 is 0 Å². The van der Waals surface area contributed by atoms with Crippen LogP contribution in [0.1, 0.15) is 22.9 Å². The number of hydrogen-bond acceptors (Lipinski definition) is 4. The molecule has 1 aliphatic heterocycles. The number of nitrogens with one attached hydrogen (secondary N) is 1. The topological polar surface area (TPSA) is 49.6 Å². The Hall–Kier alpha value is -7.69. The van der Waals surface area contributed by atoms with Crippen LogP contribution >= 0.6 is 0 Å². The van der Waals surface area contributed by atoms with Gasteiger partial charge in [0, 0.05) is 28.5 Å². The Kier molecular flexibility index (Phi) is 8.18. The number of amidine groups is 2. The van der Waals surface area contributed by atoms with E-state index in [-0.39, 0.29) is 6.17 Å². The number of fused-ring (bicyclic) bond motifs is 4. The molecule has 2 heterocycles. The lowest BCUT2D eigenvalue weighted by Gasteiger charge is -2.26. The van der Waals surface area contributed by atoms with Crippen LogP contribution in [-0.4, -0.2) is 16.7 Å². The second-order valence-corrected chi connectivity index (χ2v) is 14.8. The molecule has 10 aromatic rings. The lowest BCUT2D eigenvalue weighted by Crippen LogP contribution is -2.33. The average Bonchev–Trinajstić information content (AvgIpc) is 3.30. The average molecular weight is 741 g/mol. The monoisotopic (exact) mass is 740 g/mol. The molecule has 0 radical (unpaired) electrons. The number of aromatic nitrogens is 1. The molecule has 4 nitrogen and oxygen atoms in total. The molecule has 4 heteroatoms. The molecule has 0 amide bonds. The highest BCUT2D eigenvalue weighted by Gasteiger charge is 2.25. The predicted molar refractivity (Wildman–Crippen MR) is 242 cm³/mol. The molecule has 0 saturated carbocycles. The quantitative estimate of drug-likeness (QED) is 0.173. The fraction of sp³-hybridized carbons (Fsp3) is 0.0185. The van der Waals surface area contributed by atoms with Gasteiger partial charge in [-0.05, 0) is 102 Å². The molecule has 0 spiro atoms. The van der Waals surface area contributed by atoms with E-state index in [1.165, 1.54) is 32.5 Å². The normalized spacial score (nSPS) is 14.0. The molecule has 0 saturated heterocycles. The molecule has 1 atom stereocenters. The van der Waals surface area contributed by atoms with E-state index in [1.807, 2.05) is 24.4 Å². The van der Waals surface area contributed by atoms with Gasteiger partial charge in [0.1, 0.15) is 12.0 Å². The van der Waals surface area contributed by atoms with Crippen LogP contribution in [0, 0.1) is 0 Å². The molecular formula is C54H36N4. The Morgan fingerprint density at radius 1 is 0.397 bits per heavy atom. The van der Waals surface area contributed by atoms with Gasteiger partial charge in [0.15, 0.2) is 5.84 Å². The summed E-state index contributed by atoms with van der Waals surface area (Å²) in [6.45, 7) is 0. The van der Waals surface area contributed by atoms with Crippen molar-refractivity contribution < 1.29 is 0 Å². The van der Waals surface area contributed by atoms with Gasteiger partial charge in [-0.2, -0.15) is 0 Å². The van der Waals surface area contributed by atoms with Crippen molar-refractivity contribution >= 4 is 54.8 Å². The van der Waals surface area contributed by atoms with E-state index in [4.69, 9.17) is 9.98 Å². The zero-order chi connectivity index (χ0) is 38.4. The maximum atomic E-state index is 5.42. The van der Waals surface area contributed by atoms with Crippen molar-refractivity contribution in [3.8, 4) is 33.5 Å². The van der Waals surface area contributed by atoms with Crippen LogP contribution in [0.5, 0.6) is 0 Å². The number of hydrogen-bond donors (Lipinski definition) is 1. The molecule has 272 valence electrons. The minimum atomic E-state index is -0.379. The van der Waals surface area contributed by atoms with Crippen molar-refractivity contribution in [2.45, 2.75) is 6.17 Å². The maximum Gasteiger partial charge on any atom is 0.160 e. The molecule has 11 rings (SSSR count). The SMILES string of the molecule is c1ccc(-c2ccc(-c3cc(C4=NC(c5cccc6ccccc56)=NC(c5cccc6ccccc56)N4)cc(-c4c5ccccc5cc5ccccc45)c3)cc2)nc1. The van der Waals surface area contributed by atoms with Crippen LogP contribution in [0.3, 0.4) is 0 Å². The van der Waals surface area contributed by atoms with Crippen molar-refractivity contribution in [3.63, 3.8) is 0 Å². The summed E-state index contributed by atoms with van der Waals surface area (Å²) in [6, 6.07) is 71.2. The lowest BCUT2D eigenvalue weighted by molar-refractivity contribution is 0.680. The minimum absolute atomic E-state index is 0.379. The fourth-order valence-corrected chi connectivity index (χ4v) is 8.55. The van der Waals surface area contributed by atoms with Gasteiger partial charge < -0.3 is 5.32 Å². The van der Waals surface area contributed by atoms with E-state index in [0.717, 1.165) is 66.6 Å². The Balaban J connectivity index is 1.15. The molecule has 58 heavy (non-hydrogen) atoms. The van der Waals surface area contributed by atoms with Gasteiger partial charge in [-0.15, -0.1) is 0 Å². The summed E-state index contributed by atoms with van der Waals surface area (Å²) in [4.78, 5) is 15.4. The molecular weight excluding hydrogens is 705 g/mol. The van der Waals surface area contributed by atoms with Crippen molar-refractivity contribution in [1.82, 2.24) is 10.3 Å². The van der Waals surface area contributed by atoms with Gasteiger partial charge in [0.25, 0.3) is 0 Å². The van der Waals surface area contributed by atoms with Crippen LogP contribution in [0.2, 0.25) is 0 Å². The molecule has 1 unspecified atom stereocenters. The second kappa shape index (κ2) is 14.1. The van der Waals surface area contributed by atoms with Gasteiger partial charge in [-0.1, -0.05) is 164 Å². The highest BCUT2D eigenvalue weighted by atomic mass is 15.2. The summed E-state index contributed by atoms with van der Waals surface area (Å²) in [5.74, 6) is 1.47. The van der Waals surface area contributed by atoms with Crippen molar-refractivity contribution in [3.05, 3.63) is 223 Å². The van der Waals surface area contributed by atoms with Gasteiger partial charge in [-0.25, -0.2) is 9.98 Å². The van der Waals surface area contributed by atoms with E-state index < -0.39 is 0 Å². The van der Waals surface area contributed by atoms with E-state index in [0.29, 0.717) is 5.84 Å². The molecule has 1 N–H and O–H groups in total. The standard InChI is InChI=1S/C54H36N4/c1-5-19-44-36(13-1)17-11-23-48(44)53-56-52(57-54(58-53)49-24-12-18-37-14-2-6-20-45(37)49)43-33-41(35-26-28-38(29-27-35)50-25-9-10-30-55-50)32-42(34-43)51-46-21-7-3-15-39(46)31-40-16-4-8-22-47(40)51/h1-34,53H,(H,56,57,58). The van der Waals surface area contributed by atoms with Crippen LogP contribution in [0.15, 0.2) is 216 Å². The number of nitrogens with zero attached hydrogens (tertiary/aromatic N) is 3. The summed E-state index contributed by atoms with van der Waals surface area (Å²) >= 11 is 0. The van der Waals surface area contributed by atoms with Gasteiger partial charge in [-0.3, -0.25) is 4.98 Å². The molecule has 1 aromatic heterocycles. The third kappa shape index (κ3) is 5.99. The highest BCUT2D eigenvalue weighted by molar-refractivity contribution is 6.19. The van der Waals surface area contributed by atoms with Gasteiger partial charge in [0.05, 0.1) is 5.69 Å². The molecule has 0 fully saturated rings. The Morgan fingerprint density at radius 2 is 0.966 bits per heavy atom. The first-order valence-corrected chi connectivity index (χ1v) is 19.7. The zero-order valence-corrected chi connectivity index (χ0v) is 31.5. The van der Waals surface area contributed by atoms with E-state index in [2.05, 4.69) is 192 Å². The third-order valence-electron chi connectivity index (χ3n) is 11.3. The fourth-order valence-electron chi connectivity index (χ4n) is 8.55. The first-order chi connectivity index (χ1) is 28.7. The summed E-state index contributed by atoms with van der Waals surface area (Å²) in [7, 11) is 0. The van der Waals surface area contributed by atoms with E-state index in [1.54, 1.807) is 0 Å². The summed E-state index contributed by atoms with van der Waals surface area (Å²) in [5, 5.41) is 13.3. The van der Waals surface area contributed by atoms with Crippen LogP contribution in [0.4, 0.5) is 0 Å². The smallest absolute Gasteiger partial charge is 0.160 e. The predicted octanol–water partition coefficient (Wildman–Crippen LogP) is 13.2. The first-order valence-electron chi connectivity index (χ1n) is 19.7. The largest absolute Gasteiger partial charge is 0.344 e. The third-order valence-corrected chi connectivity index (χ3v) is 11.3. The number of aliphatic imine (C=N–C) groups is 2. The van der Waals surface area contributed by atoms with Crippen molar-refractivity contribution in [2.24, 2.45) is 9.98 Å². The lowest BCUT2D eigenvalue weighted by atomic mass is 9.89. The van der Waals surface area contributed by atoms with E-state index >= 15 is 0 Å². The van der Waals surface area contributed by atoms with Crippen LogP contribution in [0.25, 0.3) is 76.6 Å². The van der Waals surface area contributed by atoms with Crippen molar-refractivity contribution in [2.75, 3.05) is 0 Å². The molecule has 0 aliphatic carbocycles. The van der Waals surface area contributed by atoms with Crippen molar-refractivity contribution in [1.29, 1.82) is 0 Å². The Morgan fingerprint density at radius 3 is 1.69 bits per heavy atom. The second-order valence-electron chi connectivity index (χ2n) is 14.8.